The van der Waals surface area contributed by atoms with Gasteiger partial charge in [0.25, 0.3) is 0 Å². The Morgan fingerprint density at radius 1 is 1.27 bits per heavy atom. The van der Waals surface area contributed by atoms with Gasteiger partial charge < -0.3 is 5.32 Å². The van der Waals surface area contributed by atoms with Crippen LogP contribution in [0.3, 0.4) is 0 Å². The highest BCUT2D eigenvalue weighted by molar-refractivity contribution is 4.95. The Balaban J connectivity index is 1.52. The van der Waals surface area contributed by atoms with Crippen LogP contribution in [0, 0.1) is 0 Å². The van der Waals surface area contributed by atoms with Gasteiger partial charge in [-0.3, -0.25) is 4.90 Å². The van der Waals surface area contributed by atoms with Crippen LogP contribution in [0.4, 0.5) is 0 Å². The first kappa shape index (κ1) is 7.32. The van der Waals surface area contributed by atoms with Crippen molar-refractivity contribution in [3.05, 3.63) is 12.2 Å². The van der Waals surface area contributed by atoms with E-state index in [2.05, 4.69) is 22.4 Å². The monoisotopic (exact) mass is 152 g/mol. The second-order valence-corrected chi connectivity index (χ2v) is 3.46. The SMILES string of the molecule is C1=CCN(CCNC2CC2)C1. The smallest absolute Gasteiger partial charge is 0.0167 e. The normalized spacial score (nSPS) is 24.7. The maximum Gasteiger partial charge on any atom is 0.0167 e. The van der Waals surface area contributed by atoms with Gasteiger partial charge in [0.15, 0.2) is 0 Å². The zero-order valence-electron chi connectivity index (χ0n) is 6.92. The third-order valence-electron chi connectivity index (χ3n) is 2.33. The molecule has 0 atom stereocenters. The molecule has 2 aliphatic rings. The Kier molecular flexibility index (Phi) is 2.24. The third kappa shape index (κ3) is 2.31. The van der Waals surface area contributed by atoms with Crippen LogP contribution >= 0.6 is 0 Å². The Morgan fingerprint density at radius 3 is 2.64 bits per heavy atom. The van der Waals surface area contributed by atoms with Crippen LogP contribution in [0.5, 0.6) is 0 Å². The van der Waals surface area contributed by atoms with Crippen LogP contribution in [-0.2, 0) is 0 Å². The van der Waals surface area contributed by atoms with E-state index in [0.29, 0.717) is 0 Å². The first-order valence-corrected chi connectivity index (χ1v) is 4.56. The molecular formula is C9H16N2. The van der Waals surface area contributed by atoms with Crippen molar-refractivity contribution in [1.82, 2.24) is 10.2 Å². The molecule has 62 valence electrons. The largest absolute Gasteiger partial charge is 0.313 e. The summed E-state index contributed by atoms with van der Waals surface area (Å²) in [4.78, 5) is 2.45. The van der Waals surface area contributed by atoms with E-state index in [1.807, 2.05) is 0 Å². The van der Waals surface area contributed by atoms with Gasteiger partial charge >= 0.3 is 0 Å². The molecule has 0 aromatic carbocycles. The highest BCUT2D eigenvalue weighted by atomic mass is 15.1. The fourth-order valence-corrected chi connectivity index (χ4v) is 1.42. The lowest BCUT2D eigenvalue weighted by Gasteiger charge is -2.14. The van der Waals surface area contributed by atoms with Gasteiger partial charge in [0.1, 0.15) is 0 Å². The van der Waals surface area contributed by atoms with Gasteiger partial charge in [0.05, 0.1) is 0 Å². The van der Waals surface area contributed by atoms with E-state index in [1.165, 1.54) is 25.9 Å². The summed E-state index contributed by atoms with van der Waals surface area (Å²) < 4.78 is 0. The summed E-state index contributed by atoms with van der Waals surface area (Å²) >= 11 is 0. The number of hydrogen-bond acceptors (Lipinski definition) is 2. The van der Waals surface area contributed by atoms with Gasteiger partial charge in [-0.2, -0.15) is 0 Å². The van der Waals surface area contributed by atoms with Crippen LogP contribution in [0.15, 0.2) is 12.2 Å². The number of hydrogen-bond donors (Lipinski definition) is 1. The molecule has 2 nitrogen and oxygen atoms in total. The lowest BCUT2D eigenvalue weighted by Crippen LogP contribution is -2.31. The molecule has 1 aliphatic carbocycles. The van der Waals surface area contributed by atoms with Crippen molar-refractivity contribution in [1.29, 1.82) is 0 Å². The van der Waals surface area contributed by atoms with Crippen molar-refractivity contribution in [2.45, 2.75) is 18.9 Å². The van der Waals surface area contributed by atoms with Gasteiger partial charge in [0.2, 0.25) is 0 Å². The van der Waals surface area contributed by atoms with Crippen molar-refractivity contribution in [2.75, 3.05) is 26.2 Å². The minimum atomic E-state index is 0.866. The molecule has 1 saturated carbocycles. The molecule has 0 unspecified atom stereocenters. The van der Waals surface area contributed by atoms with E-state index in [-0.39, 0.29) is 0 Å². The van der Waals surface area contributed by atoms with E-state index >= 15 is 0 Å². The van der Waals surface area contributed by atoms with Gasteiger partial charge in [-0.15, -0.1) is 0 Å². The molecular weight excluding hydrogens is 136 g/mol. The van der Waals surface area contributed by atoms with E-state index in [4.69, 9.17) is 0 Å². The maximum atomic E-state index is 3.51. The van der Waals surface area contributed by atoms with Crippen molar-refractivity contribution >= 4 is 0 Å². The fraction of sp³-hybridized carbons (Fsp3) is 0.778. The van der Waals surface area contributed by atoms with Crippen molar-refractivity contribution in [3.63, 3.8) is 0 Å². The molecule has 0 aromatic rings. The zero-order valence-corrected chi connectivity index (χ0v) is 6.92. The first-order valence-electron chi connectivity index (χ1n) is 4.56. The van der Waals surface area contributed by atoms with Gasteiger partial charge in [-0.25, -0.2) is 0 Å². The maximum absolute atomic E-state index is 3.51. The van der Waals surface area contributed by atoms with Gasteiger partial charge in [-0.05, 0) is 12.8 Å². The van der Waals surface area contributed by atoms with E-state index < -0.39 is 0 Å². The van der Waals surface area contributed by atoms with E-state index in [9.17, 15) is 0 Å². The Morgan fingerprint density at radius 2 is 2.00 bits per heavy atom. The minimum absolute atomic E-state index is 0.866. The Bertz CT molecular complexity index is 142. The van der Waals surface area contributed by atoms with E-state index in [1.54, 1.807) is 0 Å². The van der Waals surface area contributed by atoms with Gasteiger partial charge in [0, 0.05) is 32.2 Å². The summed E-state index contributed by atoms with van der Waals surface area (Å²) in [5.41, 5.74) is 0. The average molecular weight is 152 g/mol. The molecule has 1 aliphatic heterocycles. The molecule has 0 aromatic heterocycles. The van der Waals surface area contributed by atoms with Crippen molar-refractivity contribution in [2.24, 2.45) is 0 Å². The molecule has 2 rings (SSSR count). The first-order chi connectivity index (χ1) is 5.45. The molecule has 0 bridgehead atoms. The molecule has 0 saturated heterocycles. The average Bonchev–Trinajstić information content (AvgIpc) is 2.66. The Hall–Kier alpha value is -0.340. The topological polar surface area (TPSA) is 15.3 Å². The van der Waals surface area contributed by atoms with E-state index in [0.717, 1.165) is 19.1 Å². The summed E-state index contributed by atoms with van der Waals surface area (Å²) in [7, 11) is 0. The lowest BCUT2D eigenvalue weighted by atomic mass is 10.5. The van der Waals surface area contributed by atoms with Crippen LogP contribution in [0.2, 0.25) is 0 Å². The van der Waals surface area contributed by atoms with Crippen LogP contribution in [0.25, 0.3) is 0 Å². The van der Waals surface area contributed by atoms with Crippen molar-refractivity contribution < 1.29 is 0 Å². The summed E-state index contributed by atoms with van der Waals surface area (Å²) in [6, 6.07) is 0.866. The summed E-state index contributed by atoms with van der Waals surface area (Å²) in [6.07, 6.45) is 7.30. The molecule has 0 radical (unpaired) electrons. The molecule has 1 heterocycles. The molecule has 0 spiro atoms. The summed E-state index contributed by atoms with van der Waals surface area (Å²) in [6.45, 7) is 4.70. The van der Waals surface area contributed by atoms with Crippen LogP contribution in [-0.4, -0.2) is 37.1 Å². The quantitative estimate of drug-likeness (QED) is 0.594. The number of nitrogens with one attached hydrogen (secondary N) is 1. The fourth-order valence-electron chi connectivity index (χ4n) is 1.42. The highest BCUT2D eigenvalue weighted by Crippen LogP contribution is 2.18. The van der Waals surface area contributed by atoms with Crippen LogP contribution < -0.4 is 5.32 Å². The summed E-state index contributed by atoms with van der Waals surface area (Å²) in [5.74, 6) is 0. The molecule has 1 fully saturated rings. The summed E-state index contributed by atoms with van der Waals surface area (Å²) in [5, 5.41) is 3.51. The zero-order chi connectivity index (χ0) is 7.52. The van der Waals surface area contributed by atoms with Crippen molar-refractivity contribution in [3.8, 4) is 0 Å². The van der Waals surface area contributed by atoms with Crippen LogP contribution in [0.1, 0.15) is 12.8 Å². The number of rotatable bonds is 4. The molecule has 2 heteroatoms. The van der Waals surface area contributed by atoms with Gasteiger partial charge in [-0.1, -0.05) is 12.2 Å². The molecule has 11 heavy (non-hydrogen) atoms. The number of nitrogens with zero attached hydrogens (tertiary/aromatic N) is 1. The standard InChI is InChI=1S/C9H16N2/c1-2-7-11(6-1)8-5-10-9-3-4-9/h1-2,9-10H,3-8H2. The predicted molar refractivity (Wildman–Crippen MR) is 46.6 cm³/mol. The predicted octanol–water partition coefficient (Wildman–Crippen LogP) is 0.610. The second kappa shape index (κ2) is 3.37. The third-order valence-corrected chi connectivity index (χ3v) is 2.33. The highest BCUT2D eigenvalue weighted by Gasteiger charge is 2.19. The second-order valence-electron chi connectivity index (χ2n) is 3.46. The molecule has 1 N–H and O–H groups in total. The lowest BCUT2D eigenvalue weighted by molar-refractivity contribution is 0.348. The minimum Gasteiger partial charge on any atom is -0.313 e. The Labute approximate surface area is 68.3 Å². The molecule has 0 amide bonds.